The number of ether oxygens (including phenoxy) is 2. The van der Waals surface area contributed by atoms with Gasteiger partial charge in [-0.05, 0) is 13.1 Å². The minimum Gasteiger partial charge on any atom is -0.352 e. The minimum atomic E-state index is -0.357. The molecule has 0 aliphatic carbocycles. The van der Waals surface area contributed by atoms with Crippen LogP contribution in [0.4, 0.5) is 0 Å². The lowest BCUT2D eigenvalue weighted by Gasteiger charge is -2.15. The third kappa shape index (κ3) is 4.20. The Balaban J connectivity index is 2.86. The number of methoxy groups -OCH3 is 2. The fraction of sp³-hybridized carbons (Fsp3) is 0.429. The van der Waals surface area contributed by atoms with E-state index in [9.17, 15) is 0 Å². The molecule has 0 aliphatic heterocycles. The molecule has 1 rings (SSSR count). The third-order valence-electron chi connectivity index (χ3n) is 2.37. The van der Waals surface area contributed by atoms with Crippen molar-refractivity contribution in [2.75, 3.05) is 27.8 Å². The third-order valence-corrected chi connectivity index (χ3v) is 2.37. The second kappa shape index (κ2) is 7.86. The summed E-state index contributed by atoms with van der Waals surface area (Å²) in [5, 5.41) is 3.06. The molecule has 0 saturated heterocycles. The molecule has 17 heavy (non-hydrogen) atoms. The normalized spacial score (nSPS) is 10.1. The van der Waals surface area contributed by atoms with E-state index in [0.717, 1.165) is 24.1 Å². The zero-order valence-electron chi connectivity index (χ0n) is 10.6. The van der Waals surface area contributed by atoms with E-state index in [1.165, 1.54) is 0 Å². The molecule has 1 aromatic rings. The molecule has 0 radical (unpaired) electrons. The standard InChI is InChI=1S/C14H19NO2/c1-15-11-7-6-9-12-8-4-5-10-13(12)14(16-2)17-3/h4-5,8,10,14-15H,7,11H2,1-3H3. The first-order valence-corrected chi connectivity index (χ1v) is 5.61. The zero-order chi connectivity index (χ0) is 12.5. The number of hydrogen-bond donors (Lipinski definition) is 1. The van der Waals surface area contributed by atoms with Crippen molar-refractivity contribution in [1.82, 2.24) is 5.32 Å². The summed E-state index contributed by atoms with van der Waals surface area (Å²) >= 11 is 0. The quantitative estimate of drug-likeness (QED) is 0.479. The minimum absolute atomic E-state index is 0.357. The van der Waals surface area contributed by atoms with Gasteiger partial charge in [-0.3, -0.25) is 0 Å². The fourth-order valence-corrected chi connectivity index (χ4v) is 1.51. The molecule has 3 nitrogen and oxygen atoms in total. The molecule has 0 saturated carbocycles. The van der Waals surface area contributed by atoms with Gasteiger partial charge in [0.05, 0.1) is 0 Å². The van der Waals surface area contributed by atoms with E-state index in [1.807, 2.05) is 31.3 Å². The van der Waals surface area contributed by atoms with Crippen molar-refractivity contribution in [3.05, 3.63) is 35.4 Å². The van der Waals surface area contributed by atoms with Crippen LogP contribution in [0.1, 0.15) is 23.8 Å². The summed E-state index contributed by atoms with van der Waals surface area (Å²) in [4.78, 5) is 0. The maximum absolute atomic E-state index is 5.25. The van der Waals surface area contributed by atoms with Gasteiger partial charge in [-0.2, -0.15) is 0 Å². The van der Waals surface area contributed by atoms with Gasteiger partial charge < -0.3 is 14.8 Å². The van der Waals surface area contributed by atoms with E-state index in [2.05, 4.69) is 17.2 Å². The molecule has 0 heterocycles. The Morgan fingerprint density at radius 3 is 2.59 bits per heavy atom. The van der Waals surface area contributed by atoms with Crippen molar-refractivity contribution < 1.29 is 9.47 Å². The molecule has 1 N–H and O–H groups in total. The van der Waals surface area contributed by atoms with Crippen LogP contribution in [0.2, 0.25) is 0 Å². The largest absolute Gasteiger partial charge is 0.352 e. The monoisotopic (exact) mass is 233 g/mol. The van der Waals surface area contributed by atoms with E-state index < -0.39 is 0 Å². The lowest BCUT2D eigenvalue weighted by molar-refractivity contribution is -0.106. The van der Waals surface area contributed by atoms with Crippen molar-refractivity contribution in [2.45, 2.75) is 12.7 Å². The van der Waals surface area contributed by atoms with Crippen LogP contribution in [0.25, 0.3) is 0 Å². The Morgan fingerprint density at radius 2 is 1.94 bits per heavy atom. The van der Waals surface area contributed by atoms with E-state index in [4.69, 9.17) is 9.47 Å². The summed E-state index contributed by atoms with van der Waals surface area (Å²) in [5.74, 6) is 6.27. The molecule has 0 aromatic heterocycles. The molecule has 0 spiro atoms. The highest BCUT2D eigenvalue weighted by atomic mass is 16.7. The van der Waals surface area contributed by atoms with Crippen molar-refractivity contribution in [2.24, 2.45) is 0 Å². The first kappa shape index (κ1) is 13.7. The Bertz CT molecular complexity index is 389. The summed E-state index contributed by atoms with van der Waals surface area (Å²) in [6, 6.07) is 7.87. The Morgan fingerprint density at radius 1 is 1.24 bits per heavy atom. The maximum Gasteiger partial charge on any atom is 0.184 e. The van der Waals surface area contributed by atoms with Crippen LogP contribution < -0.4 is 5.32 Å². The average Bonchev–Trinajstić information content (AvgIpc) is 2.38. The highest BCUT2D eigenvalue weighted by Crippen LogP contribution is 2.20. The van der Waals surface area contributed by atoms with Crippen LogP contribution in [0, 0.1) is 11.8 Å². The lowest BCUT2D eigenvalue weighted by atomic mass is 10.1. The van der Waals surface area contributed by atoms with Gasteiger partial charge in [-0.25, -0.2) is 0 Å². The van der Waals surface area contributed by atoms with Gasteiger partial charge in [0.15, 0.2) is 6.29 Å². The Labute approximate surface area is 103 Å². The van der Waals surface area contributed by atoms with Crippen LogP contribution in [-0.4, -0.2) is 27.8 Å². The summed E-state index contributed by atoms with van der Waals surface area (Å²) in [5.41, 5.74) is 1.92. The summed E-state index contributed by atoms with van der Waals surface area (Å²) in [7, 11) is 5.17. The molecule has 92 valence electrons. The summed E-state index contributed by atoms with van der Waals surface area (Å²) in [6.45, 7) is 0.896. The van der Waals surface area contributed by atoms with Crippen LogP contribution in [0.3, 0.4) is 0 Å². The van der Waals surface area contributed by atoms with Gasteiger partial charge in [-0.15, -0.1) is 0 Å². The van der Waals surface area contributed by atoms with Crippen molar-refractivity contribution >= 4 is 0 Å². The topological polar surface area (TPSA) is 30.5 Å². The van der Waals surface area contributed by atoms with Gasteiger partial charge in [-0.1, -0.05) is 30.0 Å². The summed E-state index contributed by atoms with van der Waals surface area (Å²) in [6.07, 6.45) is 0.472. The predicted octanol–water partition coefficient (Wildman–Crippen LogP) is 1.94. The molecule has 0 amide bonds. The maximum atomic E-state index is 5.25. The number of benzene rings is 1. The van der Waals surface area contributed by atoms with Crippen LogP contribution in [-0.2, 0) is 9.47 Å². The van der Waals surface area contributed by atoms with Crippen LogP contribution in [0.5, 0.6) is 0 Å². The zero-order valence-corrected chi connectivity index (χ0v) is 10.6. The second-order valence-electron chi connectivity index (χ2n) is 3.55. The molecular weight excluding hydrogens is 214 g/mol. The molecule has 0 fully saturated rings. The number of nitrogens with one attached hydrogen (secondary N) is 1. The lowest BCUT2D eigenvalue weighted by Crippen LogP contribution is -2.06. The number of rotatable bonds is 5. The molecule has 1 aromatic carbocycles. The smallest absolute Gasteiger partial charge is 0.184 e. The van der Waals surface area contributed by atoms with Crippen molar-refractivity contribution in [1.29, 1.82) is 0 Å². The average molecular weight is 233 g/mol. The first-order chi connectivity index (χ1) is 8.33. The van der Waals surface area contributed by atoms with Gasteiger partial charge >= 0.3 is 0 Å². The van der Waals surface area contributed by atoms with E-state index in [1.54, 1.807) is 14.2 Å². The van der Waals surface area contributed by atoms with E-state index >= 15 is 0 Å². The SMILES string of the molecule is CNCCC#Cc1ccccc1C(OC)OC. The van der Waals surface area contributed by atoms with Gasteiger partial charge in [0, 0.05) is 38.3 Å². The predicted molar refractivity (Wildman–Crippen MR) is 68.6 cm³/mol. The molecule has 0 aliphatic rings. The Kier molecular flexibility index (Phi) is 6.34. The number of hydrogen-bond acceptors (Lipinski definition) is 3. The summed E-state index contributed by atoms with van der Waals surface area (Å²) < 4.78 is 10.5. The molecular formula is C14H19NO2. The van der Waals surface area contributed by atoms with E-state index in [-0.39, 0.29) is 6.29 Å². The van der Waals surface area contributed by atoms with Crippen LogP contribution >= 0.6 is 0 Å². The molecule has 3 heteroatoms. The van der Waals surface area contributed by atoms with Gasteiger partial charge in [0.1, 0.15) is 0 Å². The Hall–Kier alpha value is -1.34. The van der Waals surface area contributed by atoms with Crippen LogP contribution in [0.15, 0.2) is 24.3 Å². The molecule has 0 unspecified atom stereocenters. The van der Waals surface area contributed by atoms with Crippen molar-refractivity contribution in [3.63, 3.8) is 0 Å². The second-order valence-corrected chi connectivity index (χ2v) is 3.55. The van der Waals surface area contributed by atoms with Gasteiger partial charge in [0.25, 0.3) is 0 Å². The molecule has 0 atom stereocenters. The highest BCUT2D eigenvalue weighted by molar-refractivity contribution is 5.42. The van der Waals surface area contributed by atoms with E-state index in [0.29, 0.717) is 0 Å². The van der Waals surface area contributed by atoms with Gasteiger partial charge in [0.2, 0.25) is 0 Å². The molecule has 0 bridgehead atoms. The van der Waals surface area contributed by atoms with Crippen molar-refractivity contribution in [3.8, 4) is 11.8 Å². The fourth-order valence-electron chi connectivity index (χ4n) is 1.51. The first-order valence-electron chi connectivity index (χ1n) is 5.61. The highest BCUT2D eigenvalue weighted by Gasteiger charge is 2.11.